The van der Waals surface area contributed by atoms with Gasteiger partial charge in [-0.1, -0.05) is 5.16 Å². The lowest BCUT2D eigenvalue weighted by Crippen LogP contribution is -2.31. The van der Waals surface area contributed by atoms with Crippen molar-refractivity contribution in [3.63, 3.8) is 0 Å². The Labute approximate surface area is 121 Å². The maximum Gasteiger partial charge on any atom is 0.272 e. The Balaban J connectivity index is 2.04. The summed E-state index contributed by atoms with van der Waals surface area (Å²) < 4.78 is 4.87. The quantitative estimate of drug-likeness (QED) is 0.303. The van der Waals surface area contributed by atoms with Gasteiger partial charge < -0.3 is 9.84 Å². The highest BCUT2D eigenvalue weighted by molar-refractivity contribution is 8.22. The van der Waals surface area contributed by atoms with Gasteiger partial charge in [0.1, 0.15) is 11.5 Å². The second-order valence-electron chi connectivity index (χ2n) is 4.04. The van der Waals surface area contributed by atoms with Crippen molar-refractivity contribution in [2.75, 3.05) is 0 Å². The number of nitrogens with two attached hydrogens (primary N) is 1. The molecular weight excluding hydrogens is 296 g/mol. The van der Waals surface area contributed by atoms with Crippen LogP contribution in [0.1, 0.15) is 11.5 Å². The third-order valence-electron chi connectivity index (χ3n) is 2.59. The van der Waals surface area contributed by atoms with Crippen LogP contribution < -0.4 is 16.6 Å². The van der Waals surface area contributed by atoms with Gasteiger partial charge >= 0.3 is 0 Å². The van der Waals surface area contributed by atoms with Crippen molar-refractivity contribution >= 4 is 27.5 Å². The minimum Gasteiger partial charge on any atom is -0.361 e. The highest BCUT2D eigenvalue weighted by atomic mass is 32.2. The Morgan fingerprint density at radius 3 is 2.57 bits per heavy atom. The van der Waals surface area contributed by atoms with Crippen LogP contribution in [0.15, 0.2) is 32.6 Å². The molecule has 1 aliphatic rings. The van der Waals surface area contributed by atoms with Crippen molar-refractivity contribution in [1.29, 1.82) is 0 Å². The van der Waals surface area contributed by atoms with Crippen LogP contribution in [0.25, 0.3) is 0 Å². The number of hydrogen-bond donors (Lipinski definition) is 3. The first-order chi connectivity index (χ1) is 10.1. The van der Waals surface area contributed by atoms with Gasteiger partial charge in [-0.15, -0.1) is 0 Å². The molecule has 0 radical (unpaired) electrons. The summed E-state index contributed by atoms with van der Waals surface area (Å²) in [5.74, 6) is 4.56. The Morgan fingerprint density at radius 1 is 1.38 bits per heavy atom. The predicted octanol–water partition coefficient (Wildman–Crippen LogP) is -0.293. The van der Waals surface area contributed by atoms with E-state index in [9.17, 15) is 14.4 Å². The molecule has 2 amide bonds. The first-order valence-corrected chi connectivity index (χ1v) is 7.04. The van der Waals surface area contributed by atoms with Crippen molar-refractivity contribution < 1.29 is 18.9 Å². The summed E-state index contributed by atoms with van der Waals surface area (Å²) in [7, 11) is -1.35. The maximum atomic E-state index is 12.0. The third-order valence-corrected chi connectivity index (χ3v) is 4.28. The number of hydrogen-bond acceptors (Lipinski definition) is 6. The Kier molecular flexibility index (Phi) is 4.49. The van der Waals surface area contributed by atoms with Crippen molar-refractivity contribution in [1.82, 2.24) is 15.9 Å². The van der Waals surface area contributed by atoms with Crippen molar-refractivity contribution in [2.24, 2.45) is 5.84 Å². The van der Waals surface area contributed by atoms with Crippen molar-refractivity contribution in [3.8, 4) is 0 Å². The fourth-order valence-corrected chi connectivity index (χ4v) is 2.99. The Bertz CT molecular complexity index is 713. The zero-order valence-electron chi connectivity index (χ0n) is 11.0. The zero-order valence-corrected chi connectivity index (χ0v) is 11.8. The lowest BCUT2D eigenvalue weighted by atomic mass is 10.3. The molecule has 4 N–H and O–H groups in total. The average Bonchev–Trinajstić information content (AvgIpc) is 3.09. The van der Waals surface area contributed by atoms with Gasteiger partial charge in [0.2, 0.25) is 0 Å². The number of amides is 2. The van der Waals surface area contributed by atoms with Gasteiger partial charge in [0, 0.05) is 6.07 Å². The minimum atomic E-state index is -1.35. The molecule has 0 aromatic carbocycles. The second kappa shape index (κ2) is 6.31. The molecule has 1 aromatic rings. The molecular formula is C12H12N4O4S. The molecule has 1 atom stereocenters. The summed E-state index contributed by atoms with van der Waals surface area (Å²) in [6.07, 6.45) is 2.79. The zero-order chi connectivity index (χ0) is 15.4. The maximum absolute atomic E-state index is 12.0. The van der Waals surface area contributed by atoms with Crippen LogP contribution in [-0.2, 0) is 20.9 Å². The summed E-state index contributed by atoms with van der Waals surface area (Å²) in [5, 5.41) is 8.02. The number of carbonyl (C=O) groups excluding carboxylic acids is 3. The summed E-state index contributed by atoms with van der Waals surface area (Å²) in [4.78, 5) is 34.8. The van der Waals surface area contributed by atoms with Crippen LogP contribution >= 0.6 is 10.5 Å². The van der Waals surface area contributed by atoms with Crippen LogP contribution in [0.4, 0.5) is 0 Å². The molecule has 2 rings (SSSR count). The van der Waals surface area contributed by atoms with E-state index in [1.807, 2.05) is 5.43 Å². The molecule has 21 heavy (non-hydrogen) atoms. The largest absolute Gasteiger partial charge is 0.361 e. The molecule has 9 heteroatoms. The third kappa shape index (κ3) is 3.16. The highest BCUT2D eigenvalue weighted by Gasteiger charge is 2.26. The van der Waals surface area contributed by atoms with Crippen LogP contribution in [-0.4, -0.2) is 22.2 Å². The van der Waals surface area contributed by atoms with E-state index < -0.39 is 22.3 Å². The Hall–Kier alpha value is -2.48. The van der Waals surface area contributed by atoms with Gasteiger partial charge in [0.05, 0.1) is 16.4 Å². The van der Waals surface area contributed by atoms with Crippen molar-refractivity contribution in [3.05, 3.63) is 39.5 Å². The van der Waals surface area contributed by atoms with Gasteiger partial charge in [0.25, 0.3) is 11.8 Å². The van der Waals surface area contributed by atoms with E-state index in [0.29, 0.717) is 11.5 Å². The molecule has 0 spiro atoms. The number of aryl methyl sites for hydroxylation is 1. The van der Waals surface area contributed by atoms with Crippen LogP contribution in [0.5, 0.6) is 0 Å². The predicted molar refractivity (Wildman–Crippen MR) is 74.9 cm³/mol. The fraction of sp³-hybridized carbons (Fsp3) is 0.167. The topological polar surface area (TPSA) is 127 Å². The molecule has 0 bridgehead atoms. The number of hydrazine groups is 1. The number of aromatic nitrogens is 1. The molecule has 0 aliphatic carbocycles. The summed E-state index contributed by atoms with van der Waals surface area (Å²) >= 11 is 0. The van der Waals surface area contributed by atoms with Crippen LogP contribution in [0.2, 0.25) is 0 Å². The lowest BCUT2D eigenvalue weighted by molar-refractivity contribution is -0.117. The number of nitrogens with zero attached hydrogens (tertiary/aromatic N) is 1. The van der Waals surface area contributed by atoms with E-state index in [-0.39, 0.29) is 16.4 Å². The van der Waals surface area contributed by atoms with E-state index in [1.165, 1.54) is 12.2 Å². The van der Waals surface area contributed by atoms with E-state index in [0.717, 1.165) is 0 Å². The molecule has 0 fully saturated rings. The van der Waals surface area contributed by atoms with E-state index in [4.69, 9.17) is 10.4 Å². The van der Waals surface area contributed by atoms with Gasteiger partial charge in [-0.05, 0) is 29.6 Å². The van der Waals surface area contributed by atoms with Gasteiger partial charge in [-0.3, -0.25) is 15.0 Å². The number of allylic oxidation sites excluding steroid dienone is 2. The molecule has 110 valence electrons. The van der Waals surface area contributed by atoms with E-state index >= 15 is 0 Å². The fourth-order valence-electron chi connectivity index (χ4n) is 1.66. The molecule has 1 aromatic heterocycles. The normalized spacial score (nSPS) is 16.8. The summed E-state index contributed by atoms with van der Waals surface area (Å²) in [6, 6.07) is 1.68. The molecule has 1 aliphatic heterocycles. The highest BCUT2D eigenvalue weighted by Crippen LogP contribution is 2.38. The first kappa shape index (κ1) is 14.9. The van der Waals surface area contributed by atoms with E-state index in [2.05, 4.69) is 10.5 Å². The standard InChI is InChI=1S/C12H12N4O4S/c1-7-4-8(16-20-7)5-14-11(18)9-2-3-10(12(19)15-13)21(9)6-17/h2-4H,5,13H2,1H3,(H,14,18)(H,15,19). The second-order valence-corrected chi connectivity index (χ2v) is 5.70. The lowest BCUT2D eigenvalue weighted by Gasteiger charge is -2.07. The number of nitrogens with one attached hydrogen (secondary N) is 2. The molecule has 2 heterocycles. The monoisotopic (exact) mass is 308 g/mol. The van der Waals surface area contributed by atoms with E-state index in [1.54, 1.807) is 18.2 Å². The first-order valence-electron chi connectivity index (χ1n) is 5.82. The minimum absolute atomic E-state index is 0.106. The SMILES string of the molecule is Cc1cc(CNC(=O)C2=CC=C(C(=O)NN)S2=C=O)no1. The number of carbonyl (C=O) groups is 2. The molecule has 8 nitrogen and oxygen atoms in total. The summed E-state index contributed by atoms with van der Waals surface area (Å²) in [5.41, 5.74) is 2.48. The smallest absolute Gasteiger partial charge is 0.272 e. The molecule has 0 saturated carbocycles. The molecule has 1 unspecified atom stereocenters. The number of rotatable bonds is 4. The van der Waals surface area contributed by atoms with Crippen LogP contribution in [0, 0.1) is 6.92 Å². The van der Waals surface area contributed by atoms with Crippen molar-refractivity contribution in [2.45, 2.75) is 13.5 Å². The van der Waals surface area contributed by atoms with Gasteiger partial charge in [-0.2, -0.15) is 0 Å². The van der Waals surface area contributed by atoms with Gasteiger partial charge in [0.15, 0.2) is 5.23 Å². The Morgan fingerprint density at radius 2 is 2.05 bits per heavy atom. The average molecular weight is 308 g/mol. The van der Waals surface area contributed by atoms with Gasteiger partial charge in [-0.25, -0.2) is 10.6 Å². The van der Waals surface area contributed by atoms with Crippen LogP contribution in [0.3, 0.4) is 0 Å². The summed E-state index contributed by atoms with van der Waals surface area (Å²) in [6.45, 7) is 1.89. The molecule has 0 saturated heterocycles.